The summed E-state index contributed by atoms with van der Waals surface area (Å²) in [7, 11) is 5.77. The quantitative estimate of drug-likeness (QED) is 0.284. The number of aliphatic hydroxyl groups is 1. The van der Waals surface area contributed by atoms with Crippen molar-refractivity contribution in [3.05, 3.63) is 0 Å². The van der Waals surface area contributed by atoms with Crippen molar-refractivity contribution >= 4 is 41.4 Å². The Morgan fingerprint density at radius 1 is 0.558 bits per heavy atom. The van der Waals surface area contributed by atoms with Crippen LogP contribution in [0, 0.1) is 23.7 Å². The Labute approximate surface area is 310 Å². The highest BCUT2D eigenvalue weighted by atomic mass is 16.3. The maximum absolute atomic E-state index is 14.1. The third-order valence-electron chi connectivity index (χ3n) is 10.4. The molecular weight excluding hydrogens is 670 g/mol. The van der Waals surface area contributed by atoms with Crippen molar-refractivity contribution in [1.82, 2.24) is 35.6 Å². The molecule has 0 aliphatic carbocycles. The lowest BCUT2D eigenvalue weighted by molar-refractivity contribution is -0.150. The van der Waals surface area contributed by atoms with Crippen LogP contribution in [-0.2, 0) is 33.6 Å². The van der Waals surface area contributed by atoms with Gasteiger partial charge in [-0.15, -0.1) is 0 Å². The third-order valence-corrected chi connectivity index (χ3v) is 10.4. The lowest BCUT2D eigenvalue weighted by Crippen LogP contribution is -2.63. The van der Waals surface area contributed by atoms with Gasteiger partial charge in [0.1, 0.15) is 42.3 Å². The van der Waals surface area contributed by atoms with Crippen molar-refractivity contribution in [2.45, 2.75) is 144 Å². The Morgan fingerprint density at radius 3 is 1.46 bits per heavy atom. The molecule has 15 heteroatoms. The molecule has 1 unspecified atom stereocenters. The van der Waals surface area contributed by atoms with Gasteiger partial charge in [-0.2, -0.15) is 0 Å². The first-order valence-electron chi connectivity index (χ1n) is 18.6. The monoisotopic (exact) mass is 738 g/mol. The average Bonchev–Trinajstić information content (AvgIpc) is 3.09. The van der Waals surface area contributed by atoms with E-state index in [1.165, 1.54) is 63.7 Å². The van der Waals surface area contributed by atoms with E-state index in [0.29, 0.717) is 6.42 Å². The predicted octanol–water partition coefficient (Wildman–Crippen LogP) is 0.977. The van der Waals surface area contributed by atoms with E-state index in [1.807, 2.05) is 34.6 Å². The van der Waals surface area contributed by atoms with Crippen LogP contribution in [0.4, 0.5) is 0 Å². The second kappa shape index (κ2) is 19.9. The summed E-state index contributed by atoms with van der Waals surface area (Å²) in [6.45, 7) is 19.1. The van der Waals surface area contributed by atoms with Gasteiger partial charge in [0.25, 0.3) is 0 Å². The molecule has 0 aromatic heterocycles. The Bertz CT molecular complexity index is 1290. The maximum Gasteiger partial charge on any atom is 0.245 e. The fraction of sp³-hybridized carbons (Fsp3) is 0.811. The minimum atomic E-state index is -1.49. The summed E-state index contributed by atoms with van der Waals surface area (Å²) in [5.74, 6) is -5.26. The topological polar surface area (TPSA) is 189 Å². The minimum Gasteiger partial charge on any atom is -0.390 e. The van der Waals surface area contributed by atoms with Crippen LogP contribution in [0.5, 0.6) is 0 Å². The molecule has 52 heavy (non-hydrogen) atoms. The highest BCUT2D eigenvalue weighted by Crippen LogP contribution is 2.19. The van der Waals surface area contributed by atoms with Crippen LogP contribution in [0.3, 0.4) is 0 Å². The van der Waals surface area contributed by atoms with Crippen LogP contribution in [0.2, 0.25) is 0 Å². The standard InChI is InChI=1S/C37H67N7O8/c1-16-22(8)28-37(52)43(14)25(11)35(50)44(15)27(18-20(4)5)32(47)38-26(17-19(2)3)36(51)42(13)24(10)34(49)41(12)23(9)31(46)40-29(33(48)39-28)30(45)21(6)7/h19-30,45H,16-18H2,1-15H3,(H,38,47)(H,39,48)(H,40,46)/t22-,23?,24+,25+,26+,27+,28-,29-,30-/m1/s1. The molecule has 7 amide bonds. The highest BCUT2D eigenvalue weighted by Gasteiger charge is 2.41. The number of hydrogen-bond donors (Lipinski definition) is 4. The zero-order chi connectivity index (χ0) is 40.5. The molecule has 1 aliphatic heterocycles. The van der Waals surface area contributed by atoms with Crippen molar-refractivity contribution in [3.8, 4) is 0 Å². The van der Waals surface area contributed by atoms with Gasteiger partial charge in [0.15, 0.2) is 0 Å². The average molecular weight is 738 g/mol. The molecule has 4 N–H and O–H groups in total. The fourth-order valence-electron chi connectivity index (χ4n) is 6.03. The Morgan fingerprint density at radius 2 is 1.00 bits per heavy atom. The van der Waals surface area contributed by atoms with Crippen molar-refractivity contribution in [3.63, 3.8) is 0 Å². The molecule has 0 spiro atoms. The Kier molecular flexibility index (Phi) is 17.7. The zero-order valence-electron chi connectivity index (χ0n) is 34.1. The molecule has 0 aromatic rings. The van der Waals surface area contributed by atoms with Gasteiger partial charge in [-0.3, -0.25) is 33.6 Å². The molecule has 0 aromatic carbocycles. The first-order valence-corrected chi connectivity index (χ1v) is 18.6. The van der Waals surface area contributed by atoms with Gasteiger partial charge in [-0.1, -0.05) is 61.8 Å². The highest BCUT2D eigenvalue weighted by molar-refractivity contribution is 5.98. The molecule has 0 saturated carbocycles. The van der Waals surface area contributed by atoms with E-state index >= 15 is 0 Å². The van der Waals surface area contributed by atoms with Gasteiger partial charge in [-0.25, -0.2) is 0 Å². The molecule has 1 rings (SSSR count). The number of rotatable bonds is 8. The summed E-state index contributed by atoms with van der Waals surface area (Å²) >= 11 is 0. The summed E-state index contributed by atoms with van der Waals surface area (Å²) in [6.07, 6.45) is -0.371. The summed E-state index contributed by atoms with van der Waals surface area (Å²) in [6, 6.07) is -7.89. The van der Waals surface area contributed by atoms with E-state index in [0.717, 1.165) is 4.90 Å². The van der Waals surface area contributed by atoms with Gasteiger partial charge in [-0.05, 0) is 57.3 Å². The van der Waals surface area contributed by atoms with Crippen LogP contribution in [-0.4, -0.2) is 143 Å². The molecule has 1 heterocycles. The van der Waals surface area contributed by atoms with Crippen LogP contribution < -0.4 is 16.0 Å². The van der Waals surface area contributed by atoms with Gasteiger partial charge >= 0.3 is 0 Å². The van der Waals surface area contributed by atoms with Crippen LogP contribution in [0.15, 0.2) is 0 Å². The fourth-order valence-corrected chi connectivity index (χ4v) is 6.03. The predicted molar refractivity (Wildman–Crippen MR) is 198 cm³/mol. The van der Waals surface area contributed by atoms with E-state index in [4.69, 9.17) is 0 Å². The van der Waals surface area contributed by atoms with Gasteiger partial charge < -0.3 is 40.7 Å². The minimum absolute atomic E-state index is 0.0253. The smallest absolute Gasteiger partial charge is 0.245 e. The maximum atomic E-state index is 14.1. The molecule has 15 nitrogen and oxygen atoms in total. The first-order chi connectivity index (χ1) is 23.9. The lowest BCUT2D eigenvalue weighted by atomic mass is 9.94. The number of aliphatic hydroxyl groups excluding tert-OH is 1. The van der Waals surface area contributed by atoms with E-state index in [-0.39, 0.29) is 24.7 Å². The first kappa shape index (κ1) is 46.3. The number of nitrogens with one attached hydrogen (secondary N) is 3. The Hall–Kier alpha value is -3.75. The SMILES string of the molecule is CC[C@@H](C)[C@H]1NC(=O)[C@@H]([C@H](O)C(C)C)NC(=O)C(C)N(C)C(=O)[C@H](C)N(C)C(=O)[C@H](CC(C)C)NC(=O)[C@H](CC(C)C)N(C)C(=O)[C@H](C)N(C)C1=O. The number of carbonyl (C=O) groups is 7. The summed E-state index contributed by atoms with van der Waals surface area (Å²) in [4.78, 5) is 102. The molecule has 1 fully saturated rings. The molecule has 0 bridgehead atoms. The number of carbonyl (C=O) groups excluding carboxylic acids is 7. The van der Waals surface area contributed by atoms with E-state index in [2.05, 4.69) is 16.0 Å². The summed E-state index contributed by atoms with van der Waals surface area (Å²) in [5, 5.41) is 19.3. The number of hydrogen-bond acceptors (Lipinski definition) is 8. The van der Waals surface area contributed by atoms with Crippen LogP contribution in [0.25, 0.3) is 0 Å². The lowest BCUT2D eigenvalue weighted by Gasteiger charge is -2.37. The molecule has 1 saturated heterocycles. The van der Waals surface area contributed by atoms with E-state index in [1.54, 1.807) is 20.8 Å². The molecule has 0 radical (unpaired) electrons. The Balaban J connectivity index is 3.92. The number of likely N-dealkylation sites (N-methyl/N-ethyl adjacent to an activating group) is 4. The van der Waals surface area contributed by atoms with Crippen LogP contribution in [0.1, 0.15) is 95.4 Å². The number of amides is 7. The van der Waals surface area contributed by atoms with Crippen molar-refractivity contribution in [2.75, 3.05) is 28.2 Å². The summed E-state index contributed by atoms with van der Waals surface area (Å²) in [5.41, 5.74) is 0. The van der Waals surface area contributed by atoms with Crippen molar-refractivity contribution in [2.24, 2.45) is 23.7 Å². The summed E-state index contributed by atoms with van der Waals surface area (Å²) < 4.78 is 0. The van der Waals surface area contributed by atoms with Gasteiger partial charge in [0.2, 0.25) is 41.4 Å². The van der Waals surface area contributed by atoms with E-state index in [9.17, 15) is 38.7 Å². The third kappa shape index (κ3) is 11.6. The zero-order valence-corrected chi connectivity index (χ0v) is 34.1. The van der Waals surface area contributed by atoms with Gasteiger partial charge in [0.05, 0.1) is 6.10 Å². The molecular formula is C37H67N7O8. The van der Waals surface area contributed by atoms with Crippen molar-refractivity contribution in [1.29, 1.82) is 0 Å². The number of nitrogens with zero attached hydrogens (tertiary/aromatic N) is 4. The van der Waals surface area contributed by atoms with E-state index < -0.39 is 102 Å². The van der Waals surface area contributed by atoms with Gasteiger partial charge in [0, 0.05) is 28.2 Å². The van der Waals surface area contributed by atoms with Crippen LogP contribution >= 0.6 is 0 Å². The second-order valence-electron chi connectivity index (χ2n) is 15.8. The van der Waals surface area contributed by atoms with Crippen molar-refractivity contribution < 1.29 is 38.7 Å². The largest absolute Gasteiger partial charge is 0.390 e. The molecule has 1 aliphatic rings. The normalized spacial score (nSPS) is 28.6. The second-order valence-corrected chi connectivity index (χ2v) is 15.8. The molecule has 298 valence electrons. The molecule has 9 atom stereocenters.